The predicted molar refractivity (Wildman–Crippen MR) is 121 cm³/mol. The van der Waals surface area contributed by atoms with Crippen LogP contribution < -0.4 is 10.1 Å². The Balaban J connectivity index is 1.31. The van der Waals surface area contributed by atoms with Crippen molar-refractivity contribution in [2.75, 3.05) is 31.6 Å². The molecular formula is C23H26Cl2N2O4. The number of hydrogen-bond donors (Lipinski definition) is 3. The highest BCUT2D eigenvalue weighted by Crippen LogP contribution is 2.40. The second-order valence-electron chi connectivity index (χ2n) is 8.22. The molecule has 31 heavy (non-hydrogen) atoms. The Labute approximate surface area is 191 Å². The van der Waals surface area contributed by atoms with Crippen molar-refractivity contribution in [2.45, 2.75) is 37.4 Å². The molecule has 1 atom stereocenters. The molecule has 3 N–H and O–H groups in total. The van der Waals surface area contributed by atoms with E-state index >= 15 is 0 Å². The lowest BCUT2D eigenvalue weighted by Crippen LogP contribution is -2.46. The van der Waals surface area contributed by atoms with E-state index in [1.807, 2.05) is 18.2 Å². The Morgan fingerprint density at radius 3 is 2.48 bits per heavy atom. The molecule has 1 unspecified atom stereocenters. The van der Waals surface area contributed by atoms with Gasteiger partial charge in [-0.05, 0) is 43.5 Å². The minimum atomic E-state index is -1.07. The first-order chi connectivity index (χ1) is 14.9. The Morgan fingerprint density at radius 2 is 1.77 bits per heavy atom. The van der Waals surface area contributed by atoms with Gasteiger partial charge in [0.2, 0.25) is 5.91 Å². The van der Waals surface area contributed by atoms with Crippen LogP contribution in [-0.4, -0.2) is 53.4 Å². The molecule has 1 saturated heterocycles. The van der Waals surface area contributed by atoms with E-state index in [2.05, 4.69) is 10.2 Å². The zero-order valence-electron chi connectivity index (χ0n) is 17.1. The molecule has 2 aliphatic rings. The highest BCUT2D eigenvalue weighted by Gasteiger charge is 2.37. The Morgan fingerprint density at radius 1 is 1.10 bits per heavy atom. The number of nitrogens with zero attached hydrogens (tertiary/aromatic N) is 1. The molecule has 2 aromatic rings. The topological polar surface area (TPSA) is 82.0 Å². The van der Waals surface area contributed by atoms with Crippen molar-refractivity contribution >= 4 is 34.8 Å². The number of ether oxygens (including phenoxy) is 1. The normalized spacial score (nSPS) is 19.4. The summed E-state index contributed by atoms with van der Waals surface area (Å²) >= 11 is 12.6. The van der Waals surface area contributed by atoms with Crippen LogP contribution >= 0.6 is 23.2 Å². The van der Waals surface area contributed by atoms with Crippen molar-refractivity contribution < 1.29 is 19.7 Å². The van der Waals surface area contributed by atoms with Crippen LogP contribution in [-0.2, 0) is 16.8 Å². The lowest BCUT2D eigenvalue weighted by Gasteiger charge is -2.39. The minimum Gasteiger partial charge on any atom is -0.490 e. The summed E-state index contributed by atoms with van der Waals surface area (Å²) in [7, 11) is 0. The van der Waals surface area contributed by atoms with Crippen LogP contribution in [0.4, 0.5) is 5.69 Å². The van der Waals surface area contributed by atoms with Gasteiger partial charge in [-0.15, -0.1) is 0 Å². The lowest BCUT2D eigenvalue weighted by atomic mass is 9.84. The van der Waals surface area contributed by atoms with Crippen molar-refractivity contribution in [3.8, 4) is 5.75 Å². The highest BCUT2D eigenvalue weighted by molar-refractivity contribution is 6.36. The maximum absolute atomic E-state index is 11.6. The molecule has 0 aliphatic carbocycles. The number of anilines is 1. The molecule has 0 saturated carbocycles. The number of halogens is 2. The van der Waals surface area contributed by atoms with Crippen molar-refractivity contribution in [1.82, 2.24) is 4.90 Å². The Bertz CT molecular complexity index is 940. The van der Waals surface area contributed by atoms with Crippen molar-refractivity contribution in [3.63, 3.8) is 0 Å². The van der Waals surface area contributed by atoms with Gasteiger partial charge in [-0.3, -0.25) is 4.79 Å². The molecular weight excluding hydrogens is 439 g/mol. The third-order valence-electron chi connectivity index (χ3n) is 6.02. The smallest absolute Gasteiger partial charge is 0.224 e. The molecule has 1 fully saturated rings. The van der Waals surface area contributed by atoms with Crippen LogP contribution in [0.5, 0.6) is 5.75 Å². The zero-order chi connectivity index (χ0) is 22.0. The molecule has 1 amide bonds. The SMILES string of the molecule is O=C1CCc2c(cccc2OCC(O)CN2CCC(O)(c3c(Cl)cccc3Cl)CC2)N1. The quantitative estimate of drug-likeness (QED) is 0.608. The summed E-state index contributed by atoms with van der Waals surface area (Å²) < 4.78 is 5.87. The number of hydrogen-bond acceptors (Lipinski definition) is 5. The molecule has 4 rings (SSSR count). The molecule has 2 heterocycles. The second-order valence-corrected chi connectivity index (χ2v) is 9.04. The van der Waals surface area contributed by atoms with Crippen molar-refractivity contribution in [2.24, 2.45) is 0 Å². The van der Waals surface area contributed by atoms with Crippen LogP contribution in [0.2, 0.25) is 10.0 Å². The molecule has 0 aromatic heterocycles. The number of aliphatic hydroxyl groups excluding tert-OH is 1. The van der Waals surface area contributed by atoms with Gasteiger partial charge in [0, 0.05) is 52.9 Å². The minimum absolute atomic E-state index is 0.00724. The fraction of sp³-hybridized carbons (Fsp3) is 0.435. The van der Waals surface area contributed by atoms with E-state index in [0.717, 1.165) is 11.3 Å². The molecule has 2 aliphatic heterocycles. The van der Waals surface area contributed by atoms with Crippen LogP contribution in [0.1, 0.15) is 30.4 Å². The van der Waals surface area contributed by atoms with E-state index in [-0.39, 0.29) is 12.5 Å². The van der Waals surface area contributed by atoms with Gasteiger partial charge in [-0.1, -0.05) is 35.3 Å². The van der Waals surface area contributed by atoms with E-state index in [9.17, 15) is 15.0 Å². The summed E-state index contributed by atoms with van der Waals surface area (Å²) in [6, 6.07) is 10.8. The van der Waals surface area contributed by atoms with Gasteiger partial charge in [0.25, 0.3) is 0 Å². The van der Waals surface area contributed by atoms with Gasteiger partial charge < -0.3 is 25.2 Å². The van der Waals surface area contributed by atoms with E-state index in [1.165, 1.54) is 0 Å². The van der Waals surface area contributed by atoms with Gasteiger partial charge in [-0.25, -0.2) is 0 Å². The lowest BCUT2D eigenvalue weighted by molar-refractivity contribution is -0.116. The first-order valence-electron chi connectivity index (χ1n) is 10.5. The molecule has 0 bridgehead atoms. The number of piperidine rings is 1. The number of carbonyl (C=O) groups is 1. The Kier molecular flexibility index (Phi) is 6.74. The summed E-state index contributed by atoms with van der Waals surface area (Å²) in [6.07, 6.45) is 1.35. The van der Waals surface area contributed by atoms with E-state index in [4.69, 9.17) is 27.9 Å². The first-order valence-corrected chi connectivity index (χ1v) is 11.2. The standard InChI is InChI=1S/C23H26Cl2N2O4/c24-17-3-1-4-18(25)22(17)23(30)9-11-27(12-10-23)13-15(28)14-31-20-6-2-5-19-16(20)7-8-21(29)26-19/h1-6,15,28,30H,7-14H2,(H,26,29). The van der Waals surface area contributed by atoms with E-state index in [1.54, 1.807) is 18.2 Å². The predicted octanol–water partition coefficient (Wildman–Crippen LogP) is 3.60. The van der Waals surface area contributed by atoms with Crippen LogP contribution in [0.25, 0.3) is 0 Å². The molecule has 6 nitrogen and oxygen atoms in total. The summed E-state index contributed by atoms with van der Waals surface area (Å²) in [4.78, 5) is 13.7. The third-order valence-corrected chi connectivity index (χ3v) is 6.65. The molecule has 8 heteroatoms. The Hall–Kier alpha value is -1.83. The largest absolute Gasteiger partial charge is 0.490 e. The molecule has 0 radical (unpaired) electrons. The summed E-state index contributed by atoms with van der Waals surface area (Å²) in [5.74, 6) is 0.700. The number of carbonyl (C=O) groups excluding carboxylic acids is 1. The van der Waals surface area contributed by atoms with Crippen LogP contribution in [0, 0.1) is 0 Å². The van der Waals surface area contributed by atoms with Gasteiger partial charge in [-0.2, -0.15) is 0 Å². The average Bonchev–Trinajstić information content (AvgIpc) is 2.73. The number of fused-ring (bicyclic) bond motifs is 1. The maximum Gasteiger partial charge on any atom is 0.224 e. The summed E-state index contributed by atoms with van der Waals surface area (Å²) in [5.41, 5.74) is 1.26. The number of nitrogens with one attached hydrogen (secondary N) is 1. The molecule has 2 aromatic carbocycles. The average molecular weight is 465 g/mol. The van der Waals surface area contributed by atoms with E-state index in [0.29, 0.717) is 66.7 Å². The number of likely N-dealkylation sites (tertiary alicyclic amines) is 1. The number of rotatable bonds is 6. The first kappa shape index (κ1) is 22.4. The fourth-order valence-electron chi connectivity index (χ4n) is 4.36. The highest BCUT2D eigenvalue weighted by atomic mass is 35.5. The maximum atomic E-state index is 11.6. The van der Waals surface area contributed by atoms with Gasteiger partial charge in [0.15, 0.2) is 0 Å². The third kappa shape index (κ3) is 4.99. The number of amides is 1. The number of benzene rings is 2. The monoisotopic (exact) mass is 464 g/mol. The fourth-order valence-corrected chi connectivity index (χ4v) is 5.11. The van der Waals surface area contributed by atoms with Crippen molar-refractivity contribution in [1.29, 1.82) is 0 Å². The van der Waals surface area contributed by atoms with Gasteiger partial charge in [0.1, 0.15) is 18.5 Å². The number of aliphatic hydroxyl groups is 2. The molecule has 166 valence electrons. The van der Waals surface area contributed by atoms with Gasteiger partial charge >= 0.3 is 0 Å². The second kappa shape index (κ2) is 9.35. The van der Waals surface area contributed by atoms with E-state index < -0.39 is 11.7 Å². The molecule has 0 spiro atoms. The number of β-amino-alcohol motifs (C(OH)–C–C–N with tert-alkyl or cyclic N) is 1. The van der Waals surface area contributed by atoms with Crippen molar-refractivity contribution in [3.05, 3.63) is 57.6 Å². The van der Waals surface area contributed by atoms with Crippen LogP contribution in [0.15, 0.2) is 36.4 Å². The summed E-state index contributed by atoms with van der Waals surface area (Å²) in [5, 5.41) is 25.4. The van der Waals surface area contributed by atoms with Crippen LogP contribution in [0.3, 0.4) is 0 Å². The summed E-state index contributed by atoms with van der Waals surface area (Å²) in [6.45, 7) is 1.82. The van der Waals surface area contributed by atoms with Gasteiger partial charge in [0.05, 0.1) is 5.60 Å². The zero-order valence-corrected chi connectivity index (χ0v) is 18.6.